The molecule has 0 unspecified atom stereocenters. The van der Waals surface area contributed by atoms with Gasteiger partial charge in [0.1, 0.15) is 11.9 Å². The summed E-state index contributed by atoms with van der Waals surface area (Å²) in [5.74, 6) is 2.55. The Bertz CT molecular complexity index is 1020. The Morgan fingerprint density at radius 3 is 2.29 bits per heavy atom. The maximum Gasteiger partial charge on any atom is 0.339 e. The van der Waals surface area contributed by atoms with Crippen LogP contribution in [0.3, 0.4) is 0 Å². The number of halogens is 1. The first-order valence-electron chi connectivity index (χ1n) is 9.24. The summed E-state index contributed by atoms with van der Waals surface area (Å²) >= 11 is 0. The van der Waals surface area contributed by atoms with Crippen LogP contribution in [0, 0.1) is 17.7 Å². The number of benzene rings is 2. The molecule has 0 aliphatic carbocycles. The molecule has 5 N–H and O–H groups in total. The van der Waals surface area contributed by atoms with Gasteiger partial charge in [0, 0.05) is 12.8 Å². The SMILES string of the molecule is O=C(O)[C@H](Cc1ccccc1)NC(=O)[C@H](CC#Cc1ccccc1F)NCP(=O)(O)O. The summed E-state index contributed by atoms with van der Waals surface area (Å²) in [6.45, 7) is 0. The minimum absolute atomic E-state index is 0.0219. The van der Waals surface area contributed by atoms with Crippen molar-refractivity contribution in [2.75, 3.05) is 6.29 Å². The van der Waals surface area contributed by atoms with Gasteiger partial charge in [0.15, 0.2) is 0 Å². The number of amides is 1. The lowest BCUT2D eigenvalue weighted by molar-refractivity contribution is -0.142. The van der Waals surface area contributed by atoms with Crippen LogP contribution < -0.4 is 10.6 Å². The Morgan fingerprint density at radius 1 is 1.03 bits per heavy atom. The highest BCUT2D eigenvalue weighted by Gasteiger charge is 2.26. The molecule has 0 heterocycles. The fraction of sp³-hybridized carbons (Fsp3) is 0.238. The molecule has 10 heteroatoms. The van der Waals surface area contributed by atoms with Gasteiger partial charge in [0.25, 0.3) is 0 Å². The molecule has 31 heavy (non-hydrogen) atoms. The third-order valence-electron chi connectivity index (χ3n) is 4.16. The van der Waals surface area contributed by atoms with E-state index in [-0.39, 0.29) is 18.4 Å². The molecule has 0 bridgehead atoms. The van der Waals surface area contributed by atoms with Crippen LogP contribution in [0.2, 0.25) is 0 Å². The van der Waals surface area contributed by atoms with E-state index in [4.69, 9.17) is 9.79 Å². The molecule has 2 rings (SSSR count). The third kappa shape index (κ3) is 8.70. The Morgan fingerprint density at radius 2 is 1.68 bits per heavy atom. The quantitative estimate of drug-likeness (QED) is 0.290. The predicted octanol–water partition coefficient (Wildman–Crippen LogP) is 1.47. The zero-order chi connectivity index (χ0) is 22.9. The lowest BCUT2D eigenvalue weighted by atomic mass is 10.1. The van der Waals surface area contributed by atoms with Gasteiger partial charge in [-0.25, -0.2) is 9.18 Å². The van der Waals surface area contributed by atoms with Crippen molar-refractivity contribution < 1.29 is 33.4 Å². The van der Waals surface area contributed by atoms with Gasteiger partial charge in [-0.3, -0.25) is 14.7 Å². The fourth-order valence-corrected chi connectivity index (χ4v) is 3.08. The van der Waals surface area contributed by atoms with Gasteiger partial charge < -0.3 is 20.2 Å². The number of carbonyl (C=O) groups excluding carboxylic acids is 1. The molecule has 0 radical (unpaired) electrons. The topological polar surface area (TPSA) is 136 Å². The van der Waals surface area contributed by atoms with E-state index in [1.165, 1.54) is 18.2 Å². The second kappa shape index (κ2) is 11.4. The van der Waals surface area contributed by atoms with E-state index in [9.17, 15) is 23.7 Å². The average Bonchev–Trinajstić information content (AvgIpc) is 2.71. The van der Waals surface area contributed by atoms with Crippen LogP contribution in [0.5, 0.6) is 0 Å². The fourth-order valence-electron chi connectivity index (χ4n) is 2.62. The molecule has 0 saturated carbocycles. The summed E-state index contributed by atoms with van der Waals surface area (Å²) in [6, 6.07) is 11.9. The van der Waals surface area contributed by atoms with Crippen molar-refractivity contribution in [2.45, 2.75) is 24.9 Å². The minimum atomic E-state index is -4.48. The van der Waals surface area contributed by atoms with Gasteiger partial charge in [0.05, 0.1) is 17.9 Å². The maximum absolute atomic E-state index is 13.7. The van der Waals surface area contributed by atoms with E-state index in [1.807, 2.05) is 0 Å². The standard InChI is InChI=1S/C21H22FN2O6P/c22-17-11-5-4-9-16(17)10-6-12-18(23-14-31(28,29)30)20(25)24-19(21(26)27)13-15-7-2-1-3-8-15/h1-5,7-9,11,18-19,23H,12-14H2,(H,24,25)(H,26,27)(H2,28,29,30)/t18-,19-/m0/s1. The summed E-state index contributed by atoms with van der Waals surface area (Å²) in [6.07, 6.45) is -1.01. The first kappa shape index (κ1) is 24.3. The second-order valence-corrected chi connectivity index (χ2v) is 8.30. The van der Waals surface area contributed by atoms with E-state index < -0.39 is 43.7 Å². The first-order valence-corrected chi connectivity index (χ1v) is 11.0. The number of hydrogen-bond donors (Lipinski definition) is 5. The van der Waals surface area contributed by atoms with E-state index in [0.717, 1.165) is 0 Å². The minimum Gasteiger partial charge on any atom is -0.480 e. The molecule has 0 aromatic heterocycles. The van der Waals surface area contributed by atoms with Crippen LogP contribution in [-0.2, 0) is 20.6 Å². The van der Waals surface area contributed by atoms with E-state index in [2.05, 4.69) is 22.5 Å². The van der Waals surface area contributed by atoms with E-state index >= 15 is 0 Å². The molecular formula is C21H22FN2O6P. The predicted molar refractivity (Wildman–Crippen MR) is 111 cm³/mol. The van der Waals surface area contributed by atoms with Crippen LogP contribution in [0.1, 0.15) is 17.5 Å². The van der Waals surface area contributed by atoms with Gasteiger partial charge in [-0.1, -0.05) is 54.3 Å². The molecule has 2 atom stereocenters. The summed E-state index contributed by atoms with van der Waals surface area (Å²) in [5.41, 5.74) is 0.790. The van der Waals surface area contributed by atoms with Crippen LogP contribution in [0.15, 0.2) is 54.6 Å². The Kier molecular flexibility index (Phi) is 8.91. The van der Waals surface area contributed by atoms with Crippen molar-refractivity contribution in [3.63, 3.8) is 0 Å². The molecule has 164 valence electrons. The second-order valence-electron chi connectivity index (χ2n) is 6.65. The highest BCUT2D eigenvalue weighted by atomic mass is 31.2. The molecule has 0 fully saturated rings. The monoisotopic (exact) mass is 448 g/mol. The van der Waals surface area contributed by atoms with Crippen molar-refractivity contribution in [3.05, 3.63) is 71.5 Å². The highest BCUT2D eigenvalue weighted by molar-refractivity contribution is 7.51. The lowest BCUT2D eigenvalue weighted by Gasteiger charge is -2.20. The Labute approximate surface area is 178 Å². The highest BCUT2D eigenvalue weighted by Crippen LogP contribution is 2.32. The van der Waals surface area contributed by atoms with Gasteiger partial charge in [-0.15, -0.1) is 0 Å². The Balaban J connectivity index is 2.13. The number of carbonyl (C=O) groups is 2. The number of nitrogens with one attached hydrogen (secondary N) is 2. The zero-order valence-corrected chi connectivity index (χ0v) is 17.3. The van der Waals surface area contributed by atoms with Crippen molar-refractivity contribution in [3.8, 4) is 11.8 Å². The van der Waals surface area contributed by atoms with Gasteiger partial charge in [-0.05, 0) is 17.7 Å². The normalized spacial score (nSPS) is 12.9. The van der Waals surface area contributed by atoms with Crippen LogP contribution in [0.25, 0.3) is 0 Å². The van der Waals surface area contributed by atoms with E-state index in [1.54, 1.807) is 36.4 Å². The molecule has 0 aliphatic heterocycles. The van der Waals surface area contributed by atoms with Crippen LogP contribution in [0.4, 0.5) is 4.39 Å². The van der Waals surface area contributed by atoms with Gasteiger partial charge in [-0.2, -0.15) is 0 Å². The molecule has 1 amide bonds. The van der Waals surface area contributed by atoms with Gasteiger partial charge >= 0.3 is 13.6 Å². The molecule has 2 aromatic rings. The number of rotatable bonds is 9. The van der Waals surface area contributed by atoms with Crippen LogP contribution in [-0.4, -0.2) is 45.1 Å². The molecule has 0 spiro atoms. The molecule has 0 saturated heterocycles. The maximum atomic E-state index is 13.7. The smallest absolute Gasteiger partial charge is 0.339 e. The zero-order valence-electron chi connectivity index (χ0n) is 16.4. The number of carboxylic acids is 1. The van der Waals surface area contributed by atoms with Crippen molar-refractivity contribution in [1.29, 1.82) is 0 Å². The summed E-state index contributed by atoms with van der Waals surface area (Å²) in [5, 5.41) is 14.2. The van der Waals surface area contributed by atoms with Crippen molar-refractivity contribution in [1.82, 2.24) is 10.6 Å². The van der Waals surface area contributed by atoms with Crippen molar-refractivity contribution in [2.24, 2.45) is 0 Å². The molecule has 0 aliphatic rings. The van der Waals surface area contributed by atoms with Crippen LogP contribution >= 0.6 is 7.60 Å². The average molecular weight is 448 g/mol. The molecular weight excluding hydrogens is 426 g/mol. The summed E-state index contributed by atoms with van der Waals surface area (Å²) < 4.78 is 24.9. The lowest BCUT2D eigenvalue weighted by Crippen LogP contribution is -2.51. The molecule has 8 nitrogen and oxygen atoms in total. The summed E-state index contributed by atoms with van der Waals surface area (Å²) in [7, 11) is -4.48. The Hall–Kier alpha value is -3.02. The van der Waals surface area contributed by atoms with Gasteiger partial charge in [0.2, 0.25) is 5.91 Å². The largest absolute Gasteiger partial charge is 0.480 e. The number of hydrogen-bond acceptors (Lipinski definition) is 4. The summed E-state index contributed by atoms with van der Waals surface area (Å²) in [4.78, 5) is 42.4. The molecule has 2 aromatic carbocycles. The first-order chi connectivity index (χ1) is 14.7. The van der Waals surface area contributed by atoms with E-state index in [0.29, 0.717) is 5.56 Å². The van der Waals surface area contributed by atoms with Crippen molar-refractivity contribution >= 4 is 19.5 Å². The number of carboxylic acid groups (broad SMARTS) is 1. The number of aliphatic carboxylic acids is 1. The third-order valence-corrected chi connectivity index (χ3v) is 4.76.